The zero-order chi connectivity index (χ0) is 25.0. The third kappa shape index (κ3) is 5.52. The van der Waals surface area contributed by atoms with E-state index in [-0.39, 0.29) is 27.6 Å². The largest absolute Gasteiger partial charge is 0.507 e. The lowest BCUT2D eigenvalue weighted by molar-refractivity contribution is 0.330. The van der Waals surface area contributed by atoms with Gasteiger partial charge in [0.25, 0.3) is 0 Å². The highest BCUT2D eigenvalue weighted by Crippen LogP contribution is 2.50. The van der Waals surface area contributed by atoms with Gasteiger partial charge in [-0.15, -0.1) is 0 Å². The Balaban J connectivity index is 2.73. The quantitative estimate of drug-likeness (QED) is 0.487. The Labute approximate surface area is 199 Å². The van der Waals surface area contributed by atoms with Gasteiger partial charge in [0.05, 0.1) is 0 Å². The molecule has 0 saturated carbocycles. The summed E-state index contributed by atoms with van der Waals surface area (Å²) in [6, 6.07) is 4.51. The van der Waals surface area contributed by atoms with Gasteiger partial charge in [-0.2, -0.15) is 0 Å². The lowest BCUT2D eigenvalue weighted by Crippen LogP contribution is -2.30. The van der Waals surface area contributed by atoms with Crippen LogP contribution in [0.1, 0.15) is 120 Å². The van der Waals surface area contributed by atoms with Crippen LogP contribution in [0.25, 0.3) is 0 Å². The molecule has 0 radical (unpaired) electrons. The molecule has 1 aliphatic rings. The van der Waals surface area contributed by atoms with Crippen LogP contribution in [0.2, 0.25) is 0 Å². The van der Waals surface area contributed by atoms with E-state index in [1.165, 1.54) is 16.7 Å². The van der Waals surface area contributed by atoms with Crippen molar-refractivity contribution in [3.63, 3.8) is 0 Å². The molecular formula is C31H50O. The van der Waals surface area contributed by atoms with Gasteiger partial charge in [0.15, 0.2) is 0 Å². The number of benzene rings is 1. The van der Waals surface area contributed by atoms with Crippen LogP contribution >= 0.6 is 0 Å². The molecule has 0 amide bonds. The maximum absolute atomic E-state index is 11.5. The Hall–Kier alpha value is -1.50. The molecule has 2 rings (SSSR count). The fourth-order valence-electron chi connectivity index (χ4n) is 5.07. The van der Waals surface area contributed by atoms with Crippen LogP contribution in [0.3, 0.4) is 0 Å². The van der Waals surface area contributed by atoms with Crippen LogP contribution in [0, 0.1) is 22.7 Å². The summed E-state index contributed by atoms with van der Waals surface area (Å²) >= 11 is 0. The van der Waals surface area contributed by atoms with Gasteiger partial charge in [0.2, 0.25) is 0 Å². The van der Waals surface area contributed by atoms with Crippen LogP contribution < -0.4 is 0 Å². The maximum Gasteiger partial charge on any atom is 0.122 e. The van der Waals surface area contributed by atoms with Gasteiger partial charge < -0.3 is 5.11 Å². The summed E-state index contributed by atoms with van der Waals surface area (Å²) in [5.74, 6) is 1.48. The molecule has 0 heterocycles. The average molecular weight is 439 g/mol. The lowest BCUT2D eigenvalue weighted by Gasteiger charge is -2.41. The van der Waals surface area contributed by atoms with Crippen LogP contribution in [-0.2, 0) is 10.8 Å². The molecule has 0 bridgehead atoms. The monoisotopic (exact) mass is 438 g/mol. The first-order valence-corrected chi connectivity index (χ1v) is 12.5. The maximum atomic E-state index is 11.5. The molecule has 0 saturated heterocycles. The van der Waals surface area contributed by atoms with Crippen molar-refractivity contribution in [1.29, 1.82) is 0 Å². The van der Waals surface area contributed by atoms with E-state index < -0.39 is 0 Å². The number of aromatic hydroxyl groups is 1. The highest BCUT2D eigenvalue weighted by Gasteiger charge is 2.37. The minimum Gasteiger partial charge on any atom is -0.507 e. The van der Waals surface area contributed by atoms with Crippen LogP contribution in [0.4, 0.5) is 0 Å². The summed E-state index contributed by atoms with van der Waals surface area (Å²) in [5, 5.41) is 11.5. The molecule has 3 unspecified atom stereocenters. The van der Waals surface area contributed by atoms with Gasteiger partial charge >= 0.3 is 0 Å². The predicted octanol–water partition coefficient (Wildman–Crippen LogP) is 9.30. The molecule has 32 heavy (non-hydrogen) atoms. The molecule has 0 aromatic heterocycles. The van der Waals surface area contributed by atoms with E-state index in [1.807, 2.05) is 0 Å². The first kappa shape index (κ1) is 26.7. The van der Waals surface area contributed by atoms with Gasteiger partial charge in [-0.25, -0.2) is 0 Å². The second kappa shape index (κ2) is 8.37. The van der Waals surface area contributed by atoms with E-state index in [4.69, 9.17) is 0 Å². The first-order valence-electron chi connectivity index (χ1n) is 12.5. The van der Waals surface area contributed by atoms with Gasteiger partial charge in [-0.05, 0) is 61.7 Å². The van der Waals surface area contributed by atoms with Gasteiger partial charge in [-0.3, -0.25) is 0 Å². The molecule has 1 aromatic carbocycles. The smallest absolute Gasteiger partial charge is 0.122 e. The molecule has 0 aliphatic heterocycles. The van der Waals surface area contributed by atoms with E-state index >= 15 is 0 Å². The predicted molar refractivity (Wildman–Crippen MR) is 142 cm³/mol. The fourth-order valence-corrected chi connectivity index (χ4v) is 5.07. The molecule has 1 nitrogen and oxygen atoms in total. The molecule has 0 spiro atoms. The van der Waals surface area contributed by atoms with Gasteiger partial charge in [0, 0.05) is 0 Å². The van der Waals surface area contributed by atoms with E-state index in [0.717, 1.165) is 11.1 Å². The number of phenolic OH excluding ortho intramolecular Hbond substituents is 1. The van der Waals surface area contributed by atoms with Crippen molar-refractivity contribution in [2.75, 3.05) is 0 Å². The van der Waals surface area contributed by atoms with Crippen molar-refractivity contribution >= 4 is 0 Å². The van der Waals surface area contributed by atoms with Crippen molar-refractivity contribution in [2.45, 2.75) is 114 Å². The number of hydrogen-bond donors (Lipinski definition) is 1. The summed E-state index contributed by atoms with van der Waals surface area (Å²) in [6.07, 6.45) is 4.96. The van der Waals surface area contributed by atoms with Crippen LogP contribution in [0.15, 0.2) is 35.4 Å². The Morgan fingerprint density at radius 2 is 1.28 bits per heavy atom. The lowest BCUT2D eigenvalue weighted by atomic mass is 9.63. The first-order chi connectivity index (χ1) is 14.2. The van der Waals surface area contributed by atoms with E-state index in [0.29, 0.717) is 17.6 Å². The summed E-state index contributed by atoms with van der Waals surface area (Å²) in [5.41, 5.74) is 6.53. The van der Waals surface area contributed by atoms with E-state index in [2.05, 4.69) is 121 Å². The molecule has 3 atom stereocenters. The molecule has 180 valence electrons. The van der Waals surface area contributed by atoms with Crippen molar-refractivity contribution < 1.29 is 5.11 Å². The third-order valence-electron chi connectivity index (χ3n) is 7.36. The highest BCUT2D eigenvalue weighted by atomic mass is 16.3. The molecule has 1 aliphatic carbocycles. The van der Waals surface area contributed by atoms with Crippen molar-refractivity contribution in [2.24, 2.45) is 22.7 Å². The molecule has 0 fully saturated rings. The standard InChI is InChI=1S/C31H50O/c1-19(23-15-21(28(3,4)5)17-25(20(23)2)30(9,10)11)24-16-22(29(6,7)8)18-26(27(24)32)31(12,13)14/h15-20,23,32H,1-14H3. The summed E-state index contributed by atoms with van der Waals surface area (Å²) in [6.45, 7) is 32.0. The number of rotatable bonds is 2. The number of phenols is 1. The van der Waals surface area contributed by atoms with Crippen molar-refractivity contribution in [1.82, 2.24) is 0 Å². The van der Waals surface area contributed by atoms with E-state index in [1.54, 1.807) is 0 Å². The minimum atomic E-state index is -0.110. The zero-order valence-electron chi connectivity index (χ0n) is 23.5. The molecular weight excluding hydrogens is 388 g/mol. The number of hydrogen-bond acceptors (Lipinski definition) is 1. The van der Waals surface area contributed by atoms with Crippen LogP contribution in [-0.4, -0.2) is 5.11 Å². The average Bonchev–Trinajstić information content (AvgIpc) is 2.57. The fraction of sp³-hybridized carbons (Fsp3) is 0.677. The van der Waals surface area contributed by atoms with Crippen LogP contribution in [0.5, 0.6) is 5.75 Å². The highest BCUT2D eigenvalue weighted by molar-refractivity contribution is 5.51. The Bertz CT molecular complexity index is 898. The van der Waals surface area contributed by atoms with Crippen molar-refractivity contribution in [3.05, 3.63) is 52.1 Å². The number of allylic oxidation sites excluding steroid dienone is 4. The second-order valence-electron chi connectivity index (χ2n) is 14.3. The summed E-state index contributed by atoms with van der Waals surface area (Å²) in [7, 11) is 0. The Kier molecular flexibility index (Phi) is 7.00. The molecule has 1 N–H and O–H groups in total. The van der Waals surface area contributed by atoms with Gasteiger partial charge in [0.1, 0.15) is 5.75 Å². The summed E-state index contributed by atoms with van der Waals surface area (Å²) in [4.78, 5) is 0. The Morgan fingerprint density at radius 3 is 1.69 bits per heavy atom. The zero-order valence-corrected chi connectivity index (χ0v) is 23.5. The SMILES string of the molecule is CC1C(C(C)(C)C)=CC(C(C)(C)C)=CC1C(C)c1cc(C(C)(C)C)cc(C(C)(C)C)c1O. The Morgan fingerprint density at radius 1 is 0.750 bits per heavy atom. The van der Waals surface area contributed by atoms with Gasteiger partial charge in [-0.1, -0.05) is 127 Å². The second-order valence-corrected chi connectivity index (χ2v) is 14.3. The minimum absolute atomic E-state index is 0.0310. The van der Waals surface area contributed by atoms with E-state index in [9.17, 15) is 5.11 Å². The molecule has 1 heteroatoms. The summed E-state index contributed by atoms with van der Waals surface area (Å²) < 4.78 is 0. The third-order valence-corrected chi connectivity index (χ3v) is 7.36. The normalized spacial score (nSPS) is 21.8. The van der Waals surface area contributed by atoms with Crippen molar-refractivity contribution in [3.8, 4) is 5.75 Å². The molecule has 1 aromatic rings. The topological polar surface area (TPSA) is 20.2 Å².